The van der Waals surface area contributed by atoms with E-state index in [0.717, 1.165) is 32.6 Å². The normalized spacial score (nSPS) is 15.2. The molecular formula is C21H34N4O5. The molecular weight excluding hydrogens is 388 g/mol. The van der Waals surface area contributed by atoms with Gasteiger partial charge in [-0.2, -0.15) is 0 Å². The van der Waals surface area contributed by atoms with Gasteiger partial charge in [0.15, 0.2) is 11.5 Å². The van der Waals surface area contributed by atoms with E-state index in [1.54, 1.807) is 31.1 Å². The molecule has 2 amide bonds. The average Bonchev–Trinajstić information content (AvgIpc) is 2.96. The van der Waals surface area contributed by atoms with E-state index in [0.29, 0.717) is 42.4 Å². The summed E-state index contributed by atoms with van der Waals surface area (Å²) in [4.78, 5) is 30.5. The molecule has 1 N–H and O–H groups in total. The molecule has 1 aromatic carbocycles. The van der Waals surface area contributed by atoms with Gasteiger partial charge in [0.2, 0.25) is 17.6 Å². The quantitative estimate of drug-likeness (QED) is 0.639. The van der Waals surface area contributed by atoms with Crippen molar-refractivity contribution in [3.8, 4) is 17.2 Å². The minimum absolute atomic E-state index is 0.0758. The zero-order valence-electron chi connectivity index (χ0n) is 18.7. The maximum atomic E-state index is 12.5. The fourth-order valence-electron chi connectivity index (χ4n) is 3.38. The van der Waals surface area contributed by atoms with E-state index in [1.807, 2.05) is 0 Å². The van der Waals surface area contributed by atoms with Gasteiger partial charge in [-0.25, -0.2) is 0 Å². The largest absolute Gasteiger partial charge is 0.493 e. The Kier molecular flexibility index (Phi) is 9.19. The first-order valence-electron chi connectivity index (χ1n) is 10.1. The molecule has 0 bridgehead atoms. The van der Waals surface area contributed by atoms with Gasteiger partial charge < -0.3 is 29.3 Å². The summed E-state index contributed by atoms with van der Waals surface area (Å²) in [6.07, 6.45) is 1.36. The van der Waals surface area contributed by atoms with Crippen LogP contribution < -0.4 is 19.5 Å². The van der Waals surface area contributed by atoms with E-state index in [9.17, 15) is 9.59 Å². The summed E-state index contributed by atoms with van der Waals surface area (Å²) in [7, 11) is 8.17. The molecule has 0 saturated carbocycles. The van der Waals surface area contributed by atoms with Crippen LogP contribution in [0.3, 0.4) is 0 Å². The zero-order chi connectivity index (χ0) is 22.1. The minimum atomic E-state index is -0.0758. The van der Waals surface area contributed by atoms with Crippen LogP contribution in [0.15, 0.2) is 12.1 Å². The molecule has 0 spiro atoms. The molecule has 1 heterocycles. The predicted octanol–water partition coefficient (Wildman–Crippen LogP) is 1.14. The number of amides is 2. The number of hydrogen-bond donors (Lipinski definition) is 1. The molecule has 0 aliphatic carbocycles. The summed E-state index contributed by atoms with van der Waals surface area (Å²) in [5.74, 6) is 1.51. The third-order valence-electron chi connectivity index (χ3n) is 5.14. The maximum Gasteiger partial charge on any atom is 0.236 e. The van der Waals surface area contributed by atoms with Gasteiger partial charge in [-0.3, -0.25) is 14.5 Å². The molecule has 1 aliphatic rings. The number of hydrogen-bond acceptors (Lipinski definition) is 7. The molecule has 168 valence electrons. The molecule has 0 radical (unpaired) electrons. The lowest BCUT2D eigenvalue weighted by atomic mass is 10.2. The fourth-order valence-corrected chi connectivity index (χ4v) is 3.38. The molecule has 0 unspecified atom stereocenters. The molecule has 30 heavy (non-hydrogen) atoms. The standard InChI is InChI=1S/C21H34N4O5/c1-23(2)20(27)15-25-9-6-8-24(11-12-25)10-7-19(26)22-16-13-17(28-3)21(30-5)18(14-16)29-4/h13-14H,6-12,15H2,1-5H3,(H,22,26). The van der Waals surface area contributed by atoms with E-state index in [4.69, 9.17) is 14.2 Å². The number of nitrogens with one attached hydrogen (secondary N) is 1. The Bertz CT molecular complexity index is 700. The van der Waals surface area contributed by atoms with Crippen LogP contribution in [0.5, 0.6) is 17.2 Å². The second-order valence-corrected chi connectivity index (χ2v) is 7.47. The van der Waals surface area contributed by atoms with Gasteiger partial charge in [0.25, 0.3) is 0 Å². The first-order valence-corrected chi connectivity index (χ1v) is 10.1. The number of methoxy groups -OCH3 is 3. The Hall–Kier alpha value is -2.52. The number of rotatable bonds is 9. The van der Waals surface area contributed by atoms with Crippen molar-refractivity contribution < 1.29 is 23.8 Å². The lowest BCUT2D eigenvalue weighted by Crippen LogP contribution is -2.39. The SMILES string of the molecule is COc1cc(NC(=O)CCN2CCCN(CC(=O)N(C)C)CC2)cc(OC)c1OC. The molecule has 1 aliphatic heterocycles. The summed E-state index contributed by atoms with van der Waals surface area (Å²) in [6.45, 7) is 4.61. The fraction of sp³-hybridized carbons (Fsp3) is 0.619. The van der Waals surface area contributed by atoms with Crippen LogP contribution >= 0.6 is 0 Å². The highest BCUT2D eigenvalue weighted by molar-refractivity contribution is 5.91. The maximum absolute atomic E-state index is 12.5. The Labute approximate surface area is 178 Å². The first kappa shape index (κ1) is 23.8. The van der Waals surface area contributed by atoms with E-state index in [1.165, 1.54) is 21.3 Å². The lowest BCUT2D eigenvalue weighted by Gasteiger charge is -2.22. The van der Waals surface area contributed by atoms with Crippen LogP contribution in [-0.4, -0.2) is 101 Å². The third-order valence-corrected chi connectivity index (χ3v) is 5.14. The first-order chi connectivity index (χ1) is 14.4. The van der Waals surface area contributed by atoms with Crippen molar-refractivity contribution in [2.75, 3.05) is 80.0 Å². The highest BCUT2D eigenvalue weighted by Gasteiger charge is 2.19. The van der Waals surface area contributed by atoms with Gasteiger partial charge in [0, 0.05) is 58.0 Å². The van der Waals surface area contributed by atoms with E-state index in [-0.39, 0.29) is 11.8 Å². The van der Waals surface area contributed by atoms with Crippen LogP contribution in [0, 0.1) is 0 Å². The van der Waals surface area contributed by atoms with Crippen LogP contribution in [-0.2, 0) is 9.59 Å². The molecule has 9 nitrogen and oxygen atoms in total. The summed E-state index contributed by atoms with van der Waals surface area (Å²) in [6, 6.07) is 3.43. The van der Waals surface area contributed by atoms with Crippen LogP contribution in [0.1, 0.15) is 12.8 Å². The van der Waals surface area contributed by atoms with Crippen molar-refractivity contribution in [2.45, 2.75) is 12.8 Å². The van der Waals surface area contributed by atoms with Gasteiger partial charge in [-0.05, 0) is 19.5 Å². The number of anilines is 1. The van der Waals surface area contributed by atoms with Crippen molar-refractivity contribution in [1.29, 1.82) is 0 Å². The zero-order valence-corrected chi connectivity index (χ0v) is 18.7. The summed E-state index contributed by atoms with van der Waals surface area (Å²) < 4.78 is 16.0. The highest BCUT2D eigenvalue weighted by atomic mass is 16.5. The number of carbonyl (C=O) groups excluding carboxylic acids is 2. The summed E-state index contributed by atoms with van der Waals surface area (Å²) >= 11 is 0. The predicted molar refractivity (Wildman–Crippen MR) is 116 cm³/mol. The van der Waals surface area contributed by atoms with Crippen LogP contribution in [0.25, 0.3) is 0 Å². The number of benzene rings is 1. The Morgan fingerprint density at radius 1 is 0.967 bits per heavy atom. The van der Waals surface area contributed by atoms with Crippen molar-refractivity contribution >= 4 is 17.5 Å². The monoisotopic (exact) mass is 422 g/mol. The van der Waals surface area contributed by atoms with Crippen LogP contribution in [0.4, 0.5) is 5.69 Å². The Morgan fingerprint density at radius 2 is 1.57 bits per heavy atom. The van der Waals surface area contributed by atoms with Crippen molar-refractivity contribution in [3.05, 3.63) is 12.1 Å². The van der Waals surface area contributed by atoms with Crippen molar-refractivity contribution in [3.63, 3.8) is 0 Å². The van der Waals surface area contributed by atoms with Crippen molar-refractivity contribution in [2.24, 2.45) is 0 Å². The average molecular weight is 423 g/mol. The molecule has 0 atom stereocenters. The van der Waals surface area contributed by atoms with Gasteiger partial charge in [0.05, 0.1) is 27.9 Å². The third kappa shape index (κ3) is 6.77. The molecule has 2 rings (SSSR count). The van der Waals surface area contributed by atoms with Gasteiger partial charge in [-0.15, -0.1) is 0 Å². The van der Waals surface area contributed by atoms with Gasteiger partial charge in [0.1, 0.15) is 0 Å². The van der Waals surface area contributed by atoms with Crippen molar-refractivity contribution in [1.82, 2.24) is 14.7 Å². The smallest absolute Gasteiger partial charge is 0.236 e. The summed E-state index contributed by atoms with van der Waals surface area (Å²) in [5, 5.41) is 2.90. The minimum Gasteiger partial charge on any atom is -0.493 e. The van der Waals surface area contributed by atoms with E-state index in [2.05, 4.69) is 15.1 Å². The Morgan fingerprint density at radius 3 is 2.13 bits per heavy atom. The van der Waals surface area contributed by atoms with Gasteiger partial charge >= 0.3 is 0 Å². The van der Waals surface area contributed by atoms with Gasteiger partial charge in [-0.1, -0.05) is 0 Å². The molecule has 9 heteroatoms. The number of carbonyl (C=O) groups is 2. The second-order valence-electron chi connectivity index (χ2n) is 7.47. The Balaban J connectivity index is 1.85. The molecule has 1 aromatic rings. The summed E-state index contributed by atoms with van der Waals surface area (Å²) in [5.41, 5.74) is 0.596. The number of nitrogens with zero attached hydrogens (tertiary/aromatic N) is 3. The topological polar surface area (TPSA) is 83.6 Å². The molecule has 1 saturated heterocycles. The van der Waals surface area contributed by atoms with Crippen LogP contribution in [0.2, 0.25) is 0 Å². The van der Waals surface area contributed by atoms with E-state index >= 15 is 0 Å². The van der Waals surface area contributed by atoms with E-state index < -0.39 is 0 Å². The molecule has 1 fully saturated rings. The molecule has 0 aromatic heterocycles. The highest BCUT2D eigenvalue weighted by Crippen LogP contribution is 2.39. The number of ether oxygens (including phenoxy) is 3. The second kappa shape index (κ2) is 11.6. The number of likely N-dealkylation sites (N-methyl/N-ethyl adjacent to an activating group) is 1. The lowest BCUT2D eigenvalue weighted by molar-refractivity contribution is -0.129.